The van der Waals surface area contributed by atoms with Gasteiger partial charge in [-0.1, -0.05) is 188 Å². The van der Waals surface area contributed by atoms with E-state index < -0.39 is 5.41 Å². The van der Waals surface area contributed by atoms with E-state index in [9.17, 15) is 0 Å². The zero-order chi connectivity index (χ0) is 39.6. The summed E-state index contributed by atoms with van der Waals surface area (Å²) in [4.78, 5) is 0. The molecule has 0 aliphatic heterocycles. The van der Waals surface area contributed by atoms with Crippen molar-refractivity contribution in [1.82, 2.24) is 0 Å². The van der Waals surface area contributed by atoms with E-state index in [2.05, 4.69) is 206 Å². The number of fused-ring (bicyclic) bond motifs is 13. The number of benzene rings is 13. The van der Waals surface area contributed by atoms with Crippen molar-refractivity contribution in [2.45, 2.75) is 5.41 Å². The topological polar surface area (TPSA) is 0 Å². The van der Waals surface area contributed by atoms with Crippen LogP contribution >= 0.6 is 0 Å². The van der Waals surface area contributed by atoms with E-state index >= 15 is 0 Å². The van der Waals surface area contributed by atoms with Crippen LogP contribution in [0.4, 0.5) is 0 Å². The molecular weight excluding hydrogens is 733 g/mol. The summed E-state index contributed by atoms with van der Waals surface area (Å²) < 4.78 is 0. The van der Waals surface area contributed by atoms with Gasteiger partial charge in [-0.3, -0.25) is 0 Å². The summed E-state index contributed by atoms with van der Waals surface area (Å²) in [6.07, 6.45) is 0. The van der Waals surface area contributed by atoms with E-state index in [0.29, 0.717) is 0 Å². The third kappa shape index (κ3) is 3.88. The van der Waals surface area contributed by atoms with Gasteiger partial charge < -0.3 is 0 Å². The van der Waals surface area contributed by atoms with Crippen molar-refractivity contribution in [2.75, 3.05) is 0 Å². The molecule has 0 amide bonds. The first-order valence-electron chi connectivity index (χ1n) is 21.5. The minimum atomic E-state index is -0.523. The van der Waals surface area contributed by atoms with Gasteiger partial charge in [-0.05, 0) is 160 Å². The zero-order valence-electron chi connectivity index (χ0n) is 33.1. The lowest BCUT2D eigenvalue weighted by molar-refractivity contribution is 0.802. The van der Waals surface area contributed by atoms with E-state index in [-0.39, 0.29) is 0 Å². The number of rotatable bonds is 2. The normalized spacial score (nSPS) is 13.7. The van der Waals surface area contributed by atoms with E-state index in [0.717, 1.165) is 0 Å². The third-order valence-electron chi connectivity index (χ3n) is 14.7. The van der Waals surface area contributed by atoms with Gasteiger partial charge in [-0.25, -0.2) is 0 Å². The van der Waals surface area contributed by atoms with Crippen LogP contribution in [0.5, 0.6) is 0 Å². The minimum Gasteiger partial charge on any atom is -0.0619 e. The Balaban J connectivity index is 1.09. The molecule has 2 aliphatic carbocycles. The molecule has 0 atom stereocenters. The van der Waals surface area contributed by atoms with Crippen molar-refractivity contribution in [3.05, 3.63) is 229 Å². The highest BCUT2D eigenvalue weighted by molar-refractivity contribution is 6.32. The Labute approximate surface area is 352 Å². The van der Waals surface area contributed by atoms with Crippen LogP contribution in [0.3, 0.4) is 0 Å². The van der Waals surface area contributed by atoms with Gasteiger partial charge in [0.2, 0.25) is 0 Å². The Bertz CT molecular complexity index is 3990. The lowest BCUT2D eigenvalue weighted by Crippen LogP contribution is -2.26. The first kappa shape index (κ1) is 32.1. The summed E-state index contributed by atoms with van der Waals surface area (Å²) in [7, 11) is 0. The number of hydrogen-bond donors (Lipinski definition) is 0. The summed E-state index contributed by atoms with van der Waals surface area (Å²) in [5.74, 6) is 0. The van der Waals surface area contributed by atoms with Crippen LogP contribution in [0.2, 0.25) is 0 Å². The predicted molar refractivity (Wildman–Crippen MR) is 259 cm³/mol. The molecule has 2 aliphatic rings. The SMILES string of the molecule is c1ccc2c(c1)-c1ccccc1C21c2cc(-c3ccc4ccc5cccc6ccc3c4c56)ccc2-c2c1c1cccc3c(-c4ccc5ccccc5c4)cc4cccc2c4c31. The maximum Gasteiger partial charge on any atom is 0.0731 e. The molecular formula is C61H34. The van der Waals surface area contributed by atoms with Crippen molar-refractivity contribution in [2.24, 2.45) is 0 Å². The summed E-state index contributed by atoms with van der Waals surface area (Å²) in [6.45, 7) is 0. The molecule has 1 spiro atoms. The fourth-order valence-corrected chi connectivity index (χ4v) is 12.4. The lowest BCUT2D eigenvalue weighted by Gasteiger charge is -2.32. The highest BCUT2D eigenvalue weighted by Crippen LogP contribution is 2.66. The molecule has 0 radical (unpaired) electrons. The standard InChI is InChI=1S/C61H34/c1-2-11-39-32-40(25-22-35(39)10-1)51-33-42-14-8-18-49-57(42)58-46(51)17-9-19-50(58)60-59(49)48-31-28-41(34-54(48)61(60)52-20-5-3-15-44(52)45-16-4-6-21-53(45)61)43-29-26-38-24-23-36-12-7-13-37-27-30-47(43)56(38)55(36)37/h1-34H. The number of hydrogen-bond acceptors (Lipinski definition) is 0. The van der Waals surface area contributed by atoms with E-state index in [1.807, 2.05) is 0 Å². The summed E-state index contributed by atoms with van der Waals surface area (Å²) >= 11 is 0. The smallest absolute Gasteiger partial charge is 0.0619 e. The molecule has 0 fully saturated rings. The van der Waals surface area contributed by atoms with Crippen LogP contribution in [0.1, 0.15) is 22.3 Å². The highest BCUT2D eigenvalue weighted by Gasteiger charge is 2.53. The van der Waals surface area contributed by atoms with Crippen LogP contribution in [-0.4, -0.2) is 0 Å². The van der Waals surface area contributed by atoms with Crippen LogP contribution in [0, 0.1) is 0 Å². The Morgan fingerprint density at radius 2 is 0.787 bits per heavy atom. The molecule has 0 N–H and O–H groups in total. The molecule has 15 rings (SSSR count). The van der Waals surface area contributed by atoms with Gasteiger partial charge in [0.25, 0.3) is 0 Å². The van der Waals surface area contributed by atoms with Gasteiger partial charge in [-0.15, -0.1) is 0 Å². The molecule has 0 heterocycles. The van der Waals surface area contributed by atoms with Crippen LogP contribution in [-0.2, 0) is 5.41 Å². The summed E-state index contributed by atoms with van der Waals surface area (Å²) in [5.41, 5.74) is 15.4. The second-order valence-electron chi connectivity index (χ2n) is 17.4. The Hall–Kier alpha value is -7.80. The molecule has 13 aromatic carbocycles. The predicted octanol–water partition coefficient (Wildman–Crippen LogP) is 16.3. The van der Waals surface area contributed by atoms with Crippen LogP contribution in [0.15, 0.2) is 206 Å². The van der Waals surface area contributed by atoms with Gasteiger partial charge in [0.05, 0.1) is 5.41 Å². The van der Waals surface area contributed by atoms with Crippen molar-refractivity contribution >= 4 is 75.4 Å². The fraction of sp³-hybridized carbons (Fsp3) is 0.0164. The molecule has 61 heavy (non-hydrogen) atoms. The van der Waals surface area contributed by atoms with Crippen LogP contribution in [0.25, 0.3) is 120 Å². The Kier molecular flexibility index (Phi) is 5.93. The monoisotopic (exact) mass is 766 g/mol. The fourth-order valence-electron chi connectivity index (χ4n) is 12.4. The molecule has 0 bridgehead atoms. The lowest BCUT2D eigenvalue weighted by atomic mass is 9.68. The minimum absolute atomic E-state index is 0.523. The first-order chi connectivity index (χ1) is 30.3. The average molecular weight is 767 g/mol. The molecule has 0 unspecified atom stereocenters. The van der Waals surface area contributed by atoms with Gasteiger partial charge in [0, 0.05) is 0 Å². The molecule has 278 valence electrons. The first-order valence-corrected chi connectivity index (χ1v) is 21.5. The average Bonchev–Trinajstić information content (AvgIpc) is 3.80. The zero-order valence-corrected chi connectivity index (χ0v) is 33.1. The maximum atomic E-state index is 2.57. The second-order valence-corrected chi connectivity index (χ2v) is 17.4. The molecule has 0 saturated carbocycles. The van der Waals surface area contributed by atoms with Crippen LogP contribution < -0.4 is 0 Å². The summed E-state index contributed by atoms with van der Waals surface area (Å²) in [6, 6.07) is 78.8. The molecule has 0 heteroatoms. The van der Waals surface area contributed by atoms with Gasteiger partial charge in [0.1, 0.15) is 0 Å². The van der Waals surface area contributed by atoms with Crippen molar-refractivity contribution < 1.29 is 0 Å². The van der Waals surface area contributed by atoms with E-state index in [1.54, 1.807) is 0 Å². The second kappa shape index (κ2) is 11.3. The van der Waals surface area contributed by atoms with Crippen molar-refractivity contribution in [1.29, 1.82) is 0 Å². The molecule has 0 nitrogen and oxygen atoms in total. The quantitative estimate of drug-likeness (QED) is 0.154. The molecule has 0 aromatic heterocycles. The molecule has 13 aromatic rings. The Morgan fingerprint density at radius 3 is 1.62 bits per heavy atom. The van der Waals surface area contributed by atoms with Gasteiger partial charge in [-0.2, -0.15) is 0 Å². The third-order valence-corrected chi connectivity index (χ3v) is 14.7. The largest absolute Gasteiger partial charge is 0.0731 e. The van der Waals surface area contributed by atoms with E-state index in [1.165, 1.54) is 142 Å². The van der Waals surface area contributed by atoms with Gasteiger partial charge >= 0.3 is 0 Å². The maximum absolute atomic E-state index is 2.57. The summed E-state index contributed by atoms with van der Waals surface area (Å²) in [5, 5.41) is 18.4. The highest BCUT2D eigenvalue weighted by atomic mass is 14.5. The van der Waals surface area contributed by atoms with E-state index in [4.69, 9.17) is 0 Å². The van der Waals surface area contributed by atoms with Crippen molar-refractivity contribution in [3.63, 3.8) is 0 Å². The van der Waals surface area contributed by atoms with Crippen molar-refractivity contribution in [3.8, 4) is 44.5 Å². The Morgan fingerprint density at radius 1 is 0.246 bits per heavy atom. The molecule has 0 saturated heterocycles. The van der Waals surface area contributed by atoms with Gasteiger partial charge in [0.15, 0.2) is 0 Å².